The molecule has 3 rings (SSSR count). The van der Waals surface area contributed by atoms with Gasteiger partial charge in [-0.3, -0.25) is 5.10 Å². The van der Waals surface area contributed by atoms with Gasteiger partial charge in [0.15, 0.2) is 0 Å². The van der Waals surface area contributed by atoms with Crippen molar-refractivity contribution in [2.24, 2.45) is 0 Å². The van der Waals surface area contributed by atoms with Crippen molar-refractivity contribution in [3.05, 3.63) is 54.2 Å². The molecule has 0 fully saturated rings. The maximum Gasteiger partial charge on any atom is 0.134 e. The predicted molar refractivity (Wildman–Crippen MR) is 61.4 cm³/mol. The first-order valence-electron chi connectivity index (χ1n) is 5.14. The van der Waals surface area contributed by atoms with Crippen LogP contribution in [0.25, 0.3) is 22.0 Å². The number of nitrogens with one attached hydrogen (secondary N) is 1. The molecule has 0 bridgehead atoms. The normalized spacial score (nSPS) is 10.9. The molecular formula is C13H8F2N2. The van der Waals surface area contributed by atoms with Gasteiger partial charge < -0.3 is 0 Å². The topological polar surface area (TPSA) is 28.7 Å². The van der Waals surface area contributed by atoms with E-state index in [-0.39, 0.29) is 5.56 Å². The zero-order valence-electron chi connectivity index (χ0n) is 8.74. The third-order valence-electron chi connectivity index (χ3n) is 2.71. The van der Waals surface area contributed by atoms with Crippen LogP contribution in [-0.2, 0) is 0 Å². The van der Waals surface area contributed by atoms with Gasteiger partial charge in [0.1, 0.15) is 11.6 Å². The van der Waals surface area contributed by atoms with E-state index in [1.165, 1.54) is 18.2 Å². The Morgan fingerprint density at radius 3 is 2.41 bits per heavy atom. The standard InChI is InChI=1S/C13H8F2N2/c14-10-5-2-6-11(15)12(10)9-4-1-3-8-7-16-17-13(8)9/h1-7H,(H,16,17). The molecule has 1 heterocycles. The van der Waals surface area contributed by atoms with Crippen LogP contribution in [-0.4, -0.2) is 10.2 Å². The summed E-state index contributed by atoms with van der Waals surface area (Å²) in [6.07, 6.45) is 1.62. The summed E-state index contributed by atoms with van der Waals surface area (Å²) in [5.74, 6) is -1.15. The van der Waals surface area contributed by atoms with Crippen LogP contribution in [0.1, 0.15) is 0 Å². The number of H-pyrrole nitrogens is 1. The van der Waals surface area contributed by atoms with Gasteiger partial charge in [-0.05, 0) is 12.1 Å². The van der Waals surface area contributed by atoms with E-state index in [2.05, 4.69) is 10.2 Å². The second-order valence-corrected chi connectivity index (χ2v) is 3.74. The molecule has 0 aliphatic carbocycles. The first-order valence-corrected chi connectivity index (χ1v) is 5.14. The molecule has 2 nitrogen and oxygen atoms in total. The Hall–Kier alpha value is -2.23. The van der Waals surface area contributed by atoms with Gasteiger partial charge in [0.2, 0.25) is 0 Å². The fourth-order valence-corrected chi connectivity index (χ4v) is 1.93. The van der Waals surface area contributed by atoms with Gasteiger partial charge in [-0.25, -0.2) is 8.78 Å². The first kappa shape index (κ1) is 9.96. The van der Waals surface area contributed by atoms with Crippen molar-refractivity contribution >= 4 is 10.9 Å². The van der Waals surface area contributed by atoms with Crippen LogP contribution < -0.4 is 0 Å². The minimum Gasteiger partial charge on any atom is -0.277 e. The summed E-state index contributed by atoms with van der Waals surface area (Å²) < 4.78 is 27.4. The van der Waals surface area contributed by atoms with Gasteiger partial charge in [-0.2, -0.15) is 5.10 Å². The van der Waals surface area contributed by atoms with Crippen LogP contribution in [0.15, 0.2) is 42.6 Å². The van der Waals surface area contributed by atoms with Gasteiger partial charge in [0.25, 0.3) is 0 Å². The molecule has 1 N–H and O–H groups in total. The van der Waals surface area contributed by atoms with E-state index in [1.807, 2.05) is 6.07 Å². The monoisotopic (exact) mass is 230 g/mol. The molecule has 1 aromatic heterocycles. The summed E-state index contributed by atoms with van der Waals surface area (Å²) in [7, 11) is 0. The van der Waals surface area contributed by atoms with Crippen LogP contribution in [0.4, 0.5) is 8.78 Å². The number of fused-ring (bicyclic) bond motifs is 1. The smallest absolute Gasteiger partial charge is 0.134 e. The minimum absolute atomic E-state index is 0.0256. The Bertz CT molecular complexity index is 668. The minimum atomic E-state index is -0.577. The number of halogens is 2. The number of hydrogen-bond acceptors (Lipinski definition) is 1. The molecule has 2 aromatic carbocycles. The van der Waals surface area contributed by atoms with E-state index in [9.17, 15) is 8.78 Å². The maximum atomic E-state index is 13.7. The van der Waals surface area contributed by atoms with E-state index >= 15 is 0 Å². The highest BCUT2D eigenvalue weighted by molar-refractivity contribution is 5.93. The molecule has 0 spiro atoms. The Morgan fingerprint density at radius 2 is 1.65 bits per heavy atom. The molecule has 4 heteroatoms. The molecule has 0 aliphatic rings. The lowest BCUT2D eigenvalue weighted by molar-refractivity contribution is 0.590. The SMILES string of the molecule is Fc1cccc(F)c1-c1cccc2cn[nH]c12. The number of aromatic nitrogens is 2. The van der Waals surface area contributed by atoms with E-state index in [0.29, 0.717) is 11.1 Å². The van der Waals surface area contributed by atoms with Crippen molar-refractivity contribution in [2.75, 3.05) is 0 Å². The van der Waals surface area contributed by atoms with Crippen LogP contribution in [0.2, 0.25) is 0 Å². The van der Waals surface area contributed by atoms with Crippen LogP contribution in [0.5, 0.6) is 0 Å². The average molecular weight is 230 g/mol. The average Bonchev–Trinajstić information content (AvgIpc) is 2.77. The molecule has 17 heavy (non-hydrogen) atoms. The number of aromatic amines is 1. The lowest BCUT2D eigenvalue weighted by Crippen LogP contribution is -1.90. The van der Waals surface area contributed by atoms with Crippen molar-refractivity contribution in [3.63, 3.8) is 0 Å². The summed E-state index contributed by atoms with van der Waals surface area (Å²) in [6.45, 7) is 0. The van der Waals surface area contributed by atoms with E-state index in [1.54, 1.807) is 18.3 Å². The Labute approximate surface area is 95.9 Å². The van der Waals surface area contributed by atoms with Gasteiger partial charge in [0, 0.05) is 10.9 Å². The van der Waals surface area contributed by atoms with Crippen molar-refractivity contribution in [1.29, 1.82) is 0 Å². The van der Waals surface area contributed by atoms with Gasteiger partial charge in [-0.1, -0.05) is 24.3 Å². The number of para-hydroxylation sites is 1. The van der Waals surface area contributed by atoms with Gasteiger partial charge >= 0.3 is 0 Å². The second kappa shape index (κ2) is 3.66. The number of benzene rings is 2. The highest BCUT2D eigenvalue weighted by Crippen LogP contribution is 2.30. The molecule has 0 atom stereocenters. The highest BCUT2D eigenvalue weighted by atomic mass is 19.1. The summed E-state index contributed by atoms with van der Waals surface area (Å²) in [6, 6.07) is 9.09. The lowest BCUT2D eigenvalue weighted by atomic mass is 10.0. The van der Waals surface area contributed by atoms with E-state index < -0.39 is 11.6 Å². The molecule has 0 radical (unpaired) electrons. The van der Waals surface area contributed by atoms with Crippen LogP contribution >= 0.6 is 0 Å². The summed E-state index contributed by atoms with van der Waals surface area (Å²) in [4.78, 5) is 0. The largest absolute Gasteiger partial charge is 0.277 e. The molecule has 3 aromatic rings. The lowest BCUT2D eigenvalue weighted by Gasteiger charge is -2.05. The fraction of sp³-hybridized carbons (Fsp3) is 0. The first-order chi connectivity index (χ1) is 8.27. The van der Waals surface area contributed by atoms with Crippen molar-refractivity contribution in [2.45, 2.75) is 0 Å². The molecule has 0 saturated carbocycles. The summed E-state index contributed by atoms with van der Waals surface area (Å²) >= 11 is 0. The summed E-state index contributed by atoms with van der Waals surface area (Å²) in [5.41, 5.74) is 1.09. The molecule has 0 amide bonds. The molecular weight excluding hydrogens is 222 g/mol. The summed E-state index contributed by atoms with van der Waals surface area (Å²) in [5, 5.41) is 7.46. The highest BCUT2D eigenvalue weighted by Gasteiger charge is 2.14. The van der Waals surface area contributed by atoms with E-state index in [4.69, 9.17) is 0 Å². The third-order valence-corrected chi connectivity index (χ3v) is 2.71. The Balaban J connectivity index is 2.38. The van der Waals surface area contributed by atoms with Crippen LogP contribution in [0, 0.1) is 11.6 Å². The Morgan fingerprint density at radius 1 is 0.941 bits per heavy atom. The third kappa shape index (κ3) is 1.49. The van der Waals surface area contributed by atoms with Gasteiger partial charge in [-0.15, -0.1) is 0 Å². The zero-order valence-corrected chi connectivity index (χ0v) is 8.74. The molecule has 84 valence electrons. The maximum absolute atomic E-state index is 13.7. The molecule has 0 aliphatic heterocycles. The van der Waals surface area contributed by atoms with E-state index in [0.717, 1.165) is 5.39 Å². The number of nitrogens with zero attached hydrogens (tertiary/aromatic N) is 1. The van der Waals surface area contributed by atoms with Crippen LogP contribution in [0.3, 0.4) is 0 Å². The Kier molecular flexibility index (Phi) is 2.14. The fourth-order valence-electron chi connectivity index (χ4n) is 1.93. The van der Waals surface area contributed by atoms with Gasteiger partial charge in [0.05, 0.1) is 17.3 Å². The number of rotatable bonds is 1. The second-order valence-electron chi connectivity index (χ2n) is 3.74. The van der Waals surface area contributed by atoms with Crippen molar-refractivity contribution in [1.82, 2.24) is 10.2 Å². The predicted octanol–water partition coefficient (Wildman–Crippen LogP) is 3.51. The quantitative estimate of drug-likeness (QED) is 0.680. The molecule has 0 unspecified atom stereocenters. The van der Waals surface area contributed by atoms with Crippen molar-refractivity contribution < 1.29 is 8.78 Å². The number of hydrogen-bond donors (Lipinski definition) is 1. The zero-order chi connectivity index (χ0) is 11.8. The molecule has 0 saturated heterocycles. The van der Waals surface area contributed by atoms with Crippen molar-refractivity contribution in [3.8, 4) is 11.1 Å².